The SMILES string of the molecule is CCCn1c(C)nnc1S[C@H]1CCN(C(C)C)C1=O. The lowest BCUT2D eigenvalue weighted by Gasteiger charge is -2.20. The second kappa shape index (κ2) is 5.94. The van der Waals surface area contributed by atoms with Crippen LogP contribution in [-0.4, -0.2) is 43.4 Å². The van der Waals surface area contributed by atoms with Crippen molar-refractivity contribution in [3.05, 3.63) is 5.82 Å². The van der Waals surface area contributed by atoms with Crippen molar-refractivity contribution in [3.63, 3.8) is 0 Å². The van der Waals surface area contributed by atoms with E-state index < -0.39 is 0 Å². The fourth-order valence-corrected chi connectivity index (χ4v) is 3.51. The number of aryl methyl sites for hydroxylation is 1. The van der Waals surface area contributed by atoms with Crippen LogP contribution in [0.3, 0.4) is 0 Å². The molecule has 0 aliphatic carbocycles. The normalized spacial score (nSPS) is 19.7. The number of carbonyl (C=O) groups is 1. The van der Waals surface area contributed by atoms with Crippen LogP contribution in [0.5, 0.6) is 0 Å². The number of nitrogens with zero attached hydrogens (tertiary/aromatic N) is 4. The third-order valence-corrected chi connectivity index (χ3v) is 4.65. The summed E-state index contributed by atoms with van der Waals surface area (Å²) in [6, 6.07) is 0.286. The molecule has 1 amide bonds. The Bertz CT molecular complexity index is 457. The molecular formula is C13H22N4OS. The molecule has 0 N–H and O–H groups in total. The highest BCUT2D eigenvalue weighted by atomic mass is 32.2. The van der Waals surface area contributed by atoms with Crippen LogP contribution < -0.4 is 0 Å². The molecule has 0 saturated carbocycles. The van der Waals surface area contributed by atoms with Crippen molar-refractivity contribution in [3.8, 4) is 0 Å². The Balaban J connectivity index is 2.08. The van der Waals surface area contributed by atoms with Crippen LogP contribution in [0.25, 0.3) is 0 Å². The number of rotatable bonds is 5. The van der Waals surface area contributed by atoms with Crippen molar-refractivity contribution in [1.82, 2.24) is 19.7 Å². The Morgan fingerprint density at radius 1 is 1.42 bits per heavy atom. The average molecular weight is 282 g/mol. The van der Waals surface area contributed by atoms with Gasteiger partial charge in [0.2, 0.25) is 5.91 Å². The zero-order chi connectivity index (χ0) is 14.0. The number of amides is 1. The molecule has 1 aromatic heterocycles. The molecule has 5 nitrogen and oxygen atoms in total. The Kier molecular flexibility index (Phi) is 4.50. The van der Waals surface area contributed by atoms with Crippen molar-refractivity contribution in [1.29, 1.82) is 0 Å². The first-order chi connectivity index (χ1) is 9.04. The summed E-state index contributed by atoms with van der Waals surface area (Å²) in [6.07, 6.45) is 1.95. The van der Waals surface area contributed by atoms with Gasteiger partial charge in [0.25, 0.3) is 0 Å². The summed E-state index contributed by atoms with van der Waals surface area (Å²) < 4.78 is 2.11. The fraction of sp³-hybridized carbons (Fsp3) is 0.769. The van der Waals surface area contributed by atoms with E-state index in [2.05, 4.69) is 35.5 Å². The standard InChI is InChI=1S/C13H22N4OS/c1-5-7-17-10(4)14-15-13(17)19-11-6-8-16(9(2)3)12(11)18/h9,11H,5-8H2,1-4H3/t11-/m0/s1. The number of aromatic nitrogens is 3. The van der Waals surface area contributed by atoms with Crippen molar-refractivity contribution in [2.45, 2.75) is 63.5 Å². The van der Waals surface area contributed by atoms with Crippen molar-refractivity contribution in [2.24, 2.45) is 0 Å². The molecule has 2 heterocycles. The third-order valence-electron chi connectivity index (χ3n) is 3.41. The number of thioether (sulfide) groups is 1. The molecule has 0 radical (unpaired) electrons. The molecule has 19 heavy (non-hydrogen) atoms. The number of carbonyl (C=O) groups excluding carboxylic acids is 1. The van der Waals surface area contributed by atoms with Crippen molar-refractivity contribution in [2.75, 3.05) is 6.54 Å². The minimum absolute atomic E-state index is 0.00149. The molecule has 1 saturated heterocycles. The highest BCUT2D eigenvalue weighted by Crippen LogP contribution is 2.30. The zero-order valence-corrected chi connectivity index (χ0v) is 12.9. The maximum Gasteiger partial charge on any atom is 0.236 e. The van der Waals surface area contributed by atoms with Gasteiger partial charge >= 0.3 is 0 Å². The summed E-state index contributed by atoms with van der Waals surface area (Å²) in [5.41, 5.74) is 0. The number of hydrogen-bond acceptors (Lipinski definition) is 4. The summed E-state index contributed by atoms with van der Waals surface area (Å²) in [4.78, 5) is 14.2. The topological polar surface area (TPSA) is 51.0 Å². The van der Waals surface area contributed by atoms with Gasteiger partial charge in [-0.3, -0.25) is 4.79 Å². The van der Waals surface area contributed by atoms with E-state index >= 15 is 0 Å². The first-order valence-electron chi connectivity index (χ1n) is 6.91. The Labute approximate surface area is 118 Å². The van der Waals surface area contributed by atoms with E-state index in [0.717, 1.165) is 36.9 Å². The molecule has 1 aliphatic heterocycles. The molecular weight excluding hydrogens is 260 g/mol. The first kappa shape index (κ1) is 14.4. The van der Waals surface area contributed by atoms with Gasteiger partial charge in [-0.25, -0.2) is 0 Å². The number of hydrogen-bond donors (Lipinski definition) is 0. The lowest BCUT2D eigenvalue weighted by Crippen LogP contribution is -2.34. The zero-order valence-electron chi connectivity index (χ0n) is 12.1. The van der Waals surface area contributed by atoms with Gasteiger partial charge in [-0.05, 0) is 33.6 Å². The molecule has 1 aliphatic rings. The third kappa shape index (κ3) is 2.94. The lowest BCUT2D eigenvalue weighted by atomic mass is 10.3. The largest absolute Gasteiger partial charge is 0.339 e. The van der Waals surface area contributed by atoms with Gasteiger partial charge in [-0.15, -0.1) is 10.2 Å². The maximum absolute atomic E-state index is 12.3. The van der Waals surface area contributed by atoms with Crippen LogP contribution >= 0.6 is 11.8 Å². The van der Waals surface area contributed by atoms with Gasteiger partial charge in [0, 0.05) is 19.1 Å². The predicted molar refractivity (Wildman–Crippen MR) is 76.2 cm³/mol. The minimum Gasteiger partial charge on any atom is -0.339 e. The lowest BCUT2D eigenvalue weighted by molar-refractivity contribution is -0.128. The quantitative estimate of drug-likeness (QED) is 0.830. The predicted octanol–water partition coefficient (Wildman–Crippen LogP) is 2.10. The monoisotopic (exact) mass is 282 g/mol. The molecule has 1 atom stereocenters. The fourth-order valence-electron chi connectivity index (χ4n) is 2.35. The molecule has 1 aromatic rings. The van der Waals surface area contributed by atoms with Crippen molar-refractivity contribution >= 4 is 17.7 Å². The molecule has 6 heteroatoms. The summed E-state index contributed by atoms with van der Waals surface area (Å²) in [7, 11) is 0. The highest BCUT2D eigenvalue weighted by Gasteiger charge is 2.34. The van der Waals surface area contributed by atoms with Crippen LogP contribution in [0.4, 0.5) is 0 Å². The maximum atomic E-state index is 12.3. The van der Waals surface area contributed by atoms with Crippen LogP contribution in [-0.2, 0) is 11.3 Å². The average Bonchev–Trinajstić information content (AvgIpc) is 2.88. The van der Waals surface area contributed by atoms with E-state index in [4.69, 9.17) is 0 Å². The summed E-state index contributed by atoms with van der Waals surface area (Å²) in [5.74, 6) is 1.17. The molecule has 2 rings (SSSR count). The summed E-state index contributed by atoms with van der Waals surface area (Å²) in [6.45, 7) is 9.99. The van der Waals surface area contributed by atoms with Crippen LogP contribution in [0.15, 0.2) is 5.16 Å². The van der Waals surface area contributed by atoms with Gasteiger partial charge in [-0.1, -0.05) is 18.7 Å². The summed E-state index contributed by atoms with van der Waals surface area (Å²) >= 11 is 1.57. The van der Waals surface area contributed by atoms with E-state index in [9.17, 15) is 4.79 Å². The Hall–Kier alpha value is -1.04. The van der Waals surface area contributed by atoms with Gasteiger partial charge in [0.15, 0.2) is 5.16 Å². The molecule has 106 valence electrons. The summed E-state index contributed by atoms with van der Waals surface area (Å²) in [5, 5.41) is 9.21. The first-order valence-corrected chi connectivity index (χ1v) is 7.79. The number of likely N-dealkylation sites (tertiary alicyclic amines) is 1. The minimum atomic E-state index is 0.00149. The van der Waals surface area contributed by atoms with Crippen LogP contribution in [0.1, 0.15) is 39.4 Å². The second-order valence-corrected chi connectivity index (χ2v) is 6.37. The van der Waals surface area contributed by atoms with Gasteiger partial charge in [-0.2, -0.15) is 0 Å². The second-order valence-electron chi connectivity index (χ2n) is 5.20. The van der Waals surface area contributed by atoms with Crippen molar-refractivity contribution < 1.29 is 4.79 Å². The molecule has 0 spiro atoms. The van der Waals surface area contributed by atoms with Crippen LogP contribution in [0.2, 0.25) is 0 Å². The van der Waals surface area contributed by atoms with E-state index in [0.29, 0.717) is 0 Å². The Morgan fingerprint density at radius 3 is 2.74 bits per heavy atom. The smallest absolute Gasteiger partial charge is 0.236 e. The van der Waals surface area contributed by atoms with Gasteiger partial charge in [0.05, 0.1) is 5.25 Å². The highest BCUT2D eigenvalue weighted by molar-refractivity contribution is 8.00. The molecule has 0 unspecified atom stereocenters. The molecule has 1 fully saturated rings. The van der Waals surface area contributed by atoms with Crippen LogP contribution in [0, 0.1) is 6.92 Å². The van der Waals surface area contributed by atoms with E-state index in [1.165, 1.54) is 0 Å². The van der Waals surface area contributed by atoms with E-state index in [1.54, 1.807) is 11.8 Å². The van der Waals surface area contributed by atoms with E-state index in [-0.39, 0.29) is 17.2 Å². The molecule has 0 bridgehead atoms. The van der Waals surface area contributed by atoms with Gasteiger partial charge < -0.3 is 9.47 Å². The Morgan fingerprint density at radius 2 is 2.16 bits per heavy atom. The molecule has 0 aromatic carbocycles. The van der Waals surface area contributed by atoms with Gasteiger partial charge in [0.1, 0.15) is 5.82 Å². The van der Waals surface area contributed by atoms with E-state index in [1.807, 2.05) is 11.8 Å².